The number of nitrogens with one attached hydrogen (secondary N) is 2. The van der Waals surface area contributed by atoms with Crippen LogP contribution in [-0.4, -0.2) is 57.1 Å². The Kier molecular flexibility index (Phi) is 9.35. The van der Waals surface area contributed by atoms with E-state index in [0.29, 0.717) is 12.1 Å². The lowest BCUT2D eigenvalue weighted by molar-refractivity contribution is -0.124. The molecule has 9 heteroatoms. The Hall–Kier alpha value is -2.42. The fraction of sp³-hybridized carbons (Fsp3) is 0.529. The van der Waals surface area contributed by atoms with Crippen LogP contribution in [0.1, 0.15) is 18.9 Å². The van der Waals surface area contributed by atoms with E-state index >= 15 is 0 Å². The van der Waals surface area contributed by atoms with Crippen molar-refractivity contribution in [3.8, 4) is 11.5 Å². The van der Waals surface area contributed by atoms with Gasteiger partial charge >= 0.3 is 6.61 Å². The molecule has 0 saturated heterocycles. The Balaban J connectivity index is 2.47. The predicted molar refractivity (Wildman–Crippen MR) is 92.3 cm³/mol. The summed E-state index contributed by atoms with van der Waals surface area (Å²) in [6.07, 6.45) is 0.848. The zero-order chi connectivity index (χ0) is 19.5. The third kappa shape index (κ3) is 8.11. The van der Waals surface area contributed by atoms with Gasteiger partial charge in [0.05, 0.1) is 20.2 Å². The Labute approximate surface area is 151 Å². The van der Waals surface area contributed by atoms with Gasteiger partial charge in [0.25, 0.3) is 0 Å². The van der Waals surface area contributed by atoms with Gasteiger partial charge in [-0.25, -0.2) is 0 Å². The summed E-state index contributed by atoms with van der Waals surface area (Å²) in [4.78, 5) is 25.1. The maximum atomic E-state index is 12.3. The highest BCUT2D eigenvalue weighted by Gasteiger charge is 2.13. The molecule has 0 heterocycles. The first-order valence-electron chi connectivity index (χ1n) is 8.19. The lowest BCUT2D eigenvalue weighted by Gasteiger charge is -2.16. The molecule has 0 fully saturated rings. The summed E-state index contributed by atoms with van der Waals surface area (Å²) in [5.74, 6) is -0.318. The lowest BCUT2D eigenvalue weighted by atomic mass is 10.2. The molecule has 1 aromatic carbocycles. The highest BCUT2D eigenvalue weighted by Crippen LogP contribution is 2.29. The minimum atomic E-state index is -2.94. The van der Waals surface area contributed by atoms with Crippen molar-refractivity contribution in [3.05, 3.63) is 23.8 Å². The number of methoxy groups -OCH3 is 1. The molecule has 0 atom stereocenters. The normalized spacial score (nSPS) is 10.7. The fourth-order valence-corrected chi connectivity index (χ4v) is 2.14. The van der Waals surface area contributed by atoms with Gasteiger partial charge in [-0.05, 0) is 31.2 Å². The molecule has 0 radical (unpaired) electrons. The molecule has 1 aromatic rings. The van der Waals surface area contributed by atoms with Gasteiger partial charge in [-0.15, -0.1) is 0 Å². The molecule has 0 aliphatic heterocycles. The molecule has 1 rings (SSSR count). The molecule has 0 aromatic heterocycles. The topological polar surface area (TPSA) is 79.9 Å². The van der Waals surface area contributed by atoms with Gasteiger partial charge in [-0.2, -0.15) is 8.78 Å². The largest absolute Gasteiger partial charge is 0.493 e. The first-order chi connectivity index (χ1) is 12.3. The Bertz CT molecular complexity index is 599. The molecular weight excluding hydrogens is 348 g/mol. The number of rotatable bonds is 11. The maximum absolute atomic E-state index is 12.3. The number of carbonyl (C=O) groups excluding carboxylic acids is 2. The SMILES string of the molecule is CCCNC(=O)CN(C)CC(=O)NCc1ccc(OC(F)F)c(OC)c1. The molecule has 0 saturated carbocycles. The summed E-state index contributed by atoms with van der Waals surface area (Å²) in [6, 6.07) is 4.43. The maximum Gasteiger partial charge on any atom is 0.387 e. The number of ether oxygens (including phenoxy) is 2. The van der Waals surface area contributed by atoms with E-state index in [1.54, 1.807) is 18.0 Å². The highest BCUT2D eigenvalue weighted by atomic mass is 19.3. The summed E-state index contributed by atoms with van der Waals surface area (Å²) < 4.78 is 34.0. The van der Waals surface area contributed by atoms with Crippen LogP contribution in [0, 0.1) is 0 Å². The third-order valence-corrected chi connectivity index (χ3v) is 3.33. The van der Waals surface area contributed by atoms with Crippen LogP contribution in [0.2, 0.25) is 0 Å². The minimum absolute atomic E-state index is 0.0588. The molecule has 0 aliphatic rings. The highest BCUT2D eigenvalue weighted by molar-refractivity contribution is 5.81. The van der Waals surface area contributed by atoms with Crippen molar-refractivity contribution in [1.82, 2.24) is 15.5 Å². The number of benzene rings is 1. The lowest BCUT2D eigenvalue weighted by Crippen LogP contribution is -2.40. The average Bonchev–Trinajstić information content (AvgIpc) is 2.58. The Morgan fingerprint density at radius 3 is 2.38 bits per heavy atom. The monoisotopic (exact) mass is 373 g/mol. The predicted octanol–water partition coefficient (Wildman–Crippen LogP) is 1.37. The number of carbonyl (C=O) groups is 2. The van der Waals surface area contributed by atoms with E-state index in [2.05, 4.69) is 15.4 Å². The zero-order valence-electron chi connectivity index (χ0n) is 15.2. The minimum Gasteiger partial charge on any atom is -0.493 e. The summed E-state index contributed by atoms with van der Waals surface area (Å²) in [5, 5.41) is 5.44. The molecule has 0 unspecified atom stereocenters. The molecule has 26 heavy (non-hydrogen) atoms. The third-order valence-electron chi connectivity index (χ3n) is 3.33. The van der Waals surface area contributed by atoms with Crippen molar-refractivity contribution in [2.75, 3.05) is 33.8 Å². The molecule has 2 amide bonds. The number of halogens is 2. The van der Waals surface area contributed by atoms with E-state index in [1.807, 2.05) is 6.92 Å². The molecular formula is C17H25F2N3O4. The van der Waals surface area contributed by atoms with E-state index in [0.717, 1.165) is 6.42 Å². The zero-order valence-corrected chi connectivity index (χ0v) is 15.2. The summed E-state index contributed by atoms with van der Waals surface area (Å²) in [5.41, 5.74) is 0.667. The van der Waals surface area contributed by atoms with E-state index in [-0.39, 0.29) is 42.9 Å². The van der Waals surface area contributed by atoms with Crippen molar-refractivity contribution >= 4 is 11.8 Å². The van der Waals surface area contributed by atoms with E-state index in [4.69, 9.17) is 4.74 Å². The standard InChI is InChI=1S/C17H25F2N3O4/c1-4-7-20-15(23)10-22(2)11-16(24)21-9-12-5-6-13(26-17(18)19)14(8-12)25-3/h5-6,8,17H,4,7,9-11H2,1-3H3,(H,20,23)(H,21,24). The van der Waals surface area contributed by atoms with E-state index < -0.39 is 6.61 Å². The summed E-state index contributed by atoms with van der Waals surface area (Å²) in [6.45, 7) is -0.00565. The number of hydrogen-bond acceptors (Lipinski definition) is 5. The number of nitrogens with zero attached hydrogens (tertiary/aromatic N) is 1. The molecule has 0 spiro atoms. The second-order valence-corrected chi connectivity index (χ2v) is 5.66. The quantitative estimate of drug-likeness (QED) is 0.613. The van der Waals surface area contributed by atoms with Crippen LogP contribution in [0.4, 0.5) is 8.78 Å². The van der Waals surface area contributed by atoms with Gasteiger partial charge < -0.3 is 20.1 Å². The van der Waals surface area contributed by atoms with Crippen LogP contribution in [0.25, 0.3) is 0 Å². The number of hydrogen-bond donors (Lipinski definition) is 2. The number of likely N-dealkylation sites (N-methyl/N-ethyl adjacent to an activating group) is 1. The first-order valence-corrected chi connectivity index (χ1v) is 8.19. The Morgan fingerprint density at radius 2 is 1.81 bits per heavy atom. The van der Waals surface area contributed by atoms with Crippen LogP contribution < -0.4 is 20.1 Å². The van der Waals surface area contributed by atoms with Crippen molar-refractivity contribution in [2.24, 2.45) is 0 Å². The summed E-state index contributed by atoms with van der Waals surface area (Å²) in [7, 11) is 3.01. The first kappa shape index (κ1) is 21.6. The van der Waals surface area contributed by atoms with Gasteiger partial charge in [0.2, 0.25) is 11.8 Å². The second-order valence-electron chi connectivity index (χ2n) is 5.66. The van der Waals surface area contributed by atoms with Crippen molar-refractivity contribution < 1.29 is 27.8 Å². The molecule has 0 bridgehead atoms. The van der Waals surface area contributed by atoms with Crippen LogP contribution in [0.3, 0.4) is 0 Å². The van der Waals surface area contributed by atoms with Crippen molar-refractivity contribution in [2.45, 2.75) is 26.5 Å². The second kappa shape index (κ2) is 11.2. The van der Waals surface area contributed by atoms with Crippen LogP contribution in [-0.2, 0) is 16.1 Å². The van der Waals surface area contributed by atoms with Gasteiger partial charge in [0.1, 0.15) is 0 Å². The fourth-order valence-electron chi connectivity index (χ4n) is 2.14. The van der Waals surface area contributed by atoms with E-state index in [1.165, 1.54) is 19.2 Å². The average molecular weight is 373 g/mol. The van der Waals surface area contributed by atoms with Crippen molar-refractivity contribution in [3.63, 3.8) is 0 Å². The van der Waals surface area contributed by atoms with Gasteiger partial charge in [0.15, 0.2) is 11.5 Å². The Morgan fingerprint density at radius 1 is 1.15 bits per heavy atom. The van der Waals surface area contributed by atoms with Crippen LogP contribution in [0.15, 0.2) is 18.2 Å². The molecule has 146 valence electrons. The van der Waals surface area contributed by atoms with E-state index in [9.17, 15) is 18.4 Å². The summed E-state index contributed by atoms with van der Waals surface area (Å²) >= 11 is 0. The molecule has 2 N–H and O–H groups in total. The van der Waals surface area contributed by atoms with Gasteiger partial charge in [0, 0.05) is 13.1 Å². The molecule has 7 nitrogen and oxygen atoms in total. The van der Waals surface area contributed by atoms with Crippen LogP contribution >= 0.6 is 0 Å². The molecule has 0 aliphatic carbocycles. The van der Waals surface area contributed by atoms with Crippen LogP contribution in [0.5, 0.6) is 11.5 Å². The number of alkyl halides is 2. The number of amides is 2. The van der Waals surface area contributed by atoms with Gasteiger partial charge in [-0.1, -0.05) is 13.0 Å². The van der Waals surface area contributed by atoms with Gasteiger partial charge in [-0.3, -0.25) is 14.5 Å². The van der Waals surface area contributed by atoms with Crippen molar-refractivity contribution in [1.29, 1.82) is 0 Å². The smallest absolute Gasteiger partial charge is 0.387 e.